The Balaban J connectivity index is 0.000000252. The molecule has 0 heteroatoms. The fourth-order valence-corrected chi connectivity index (χ4v) is 7.15. The summed E-state index contributed by atoms with van der Waals surface area (Å²) in [6.07, 6.45) is 13.7. The van der Waals surface area contributed by atoms with Gasteiger partial charge in [-0.1, -0.05) is 83.1 Å². The van der Waals surface area contributed by atoms with Crippen molar-refractivity contribution in [1.29, 1.82) is 0 Å². The summed E-state index contributed by atoms with van der Waals surface area (Å²) < 4.78 is 0. The van der Waals surface area contributed by atoms with Gasteiger partial charge < -0.3 is 0 Å². The van der Waals surface area contributed by atoms with Crippen LogP contribution in [0.4, 0.5) is 0 Å². The molecule has 0 aliphatic heterocycles. The summed E-state index contributed by atoms with van der Waals surface area (Å²) >= 11 is 0. The van der Waals surface area contributed by atoms with E-state index in [0.717, 1.165) is 45.3 Å². The van der Waals surface area contributed by atoms with Gasteiger partial charge >= 0.3 is 0 Å². The molecule has 0 aromatic carbocycles. The topological polar surface area (TPSA) is 0 Å². The fourth-order valence-electron chi connectivity index (χ4n) is 7.15. The molecular formula is C29H58. The van der Waals surface area contributed by atoms with Crippen LogP contribution in [0, 0.1) is 45.3 Å². The summed E-state index contributed by atoms with van der Waals surface area (Å²) in [4.78, 5) is 0. The molecule has 6 fully saturated rings. The Morgan fingerprint density at radius 2 is 0.517 bits per heavy atom. The van der Waals surface area contributed by atoms with Crippen molar-refractivity contribution < 1.29 is 0 Å². The molecule has 0 spiro atoms. The van der Waals surface area contributed by atoms with Crippen LogP contribution in [0.15, 0.2) is 0 Å². The van der Waals surface area contributed by atoms with Crippen molar-refractivity contribution in [2.24, 2.45) is 45.3 Å². The summed E-state index contributed by atoms with van der Waals surface area (Å²) in [7, 11) is 0. The van der Waals surface area contributed by atoms with Crippen molar-refractivity contribution in [3.05, 3.63) is 0 Å². The lowest BCUT2D eigenvalue weighted by atomic mass is 9.30. The van der Waals surface area contributed by atoms with E-state index in [1.54, 1.807) is 0 Å². The van der Waals surface area contributed by atoms with Gasteiger partial charge in [-0.3, -0.25) is 0 Å². The first-order valence-corrected chi connectivity index (χ1v) is 13.5. The van der Waals surface area contributed by atoms with Gasteiger partial charge in [-0.05, 0) is 103 Å². The highest BCUT2D eigenvalue weighted by Gasteiger charge is 2.69. The Hall–Kier alpha value is 0. The molecule has 6 aliphatic rings. The molecule has 6 aliphatic carbocycles. The van der Waals surface area contributed by atoms with Crippen LogP contribution in [0.2, 0.25) is 0 Å². The van der Waals surface area contributed by atoms with Crippen molar-refractivity contribution in [1.82, 2.24) is 0 Å². The van der Waals surface area contributed by atoms with Crippen LogP contribution in [0.5, 0.6) is 0 Å². The molecule has 0 radical (unpaired) electrons. The zero-order chi connectivity index (χ0) is 22.7. The second kappa shape index (κ2) is 10.1. The van der Waals surface area contributed by atoms with Crippen LogP contribution >= 0.6 is 0 Å². The van der Waals surface area contributed by atoms with Crippen LogP contribution in [-0.4, -0.2) is 0 Å². The third-order valence-electron chi connectivity index (χ3n) is 10.4. The van der Waals surface area contributed by atoms with Gasteiger partial charge in [0.15, 0.2) is 0 Å². The average Bonchev–Trinajstić information content (AvgIpc) is 2.64. The molecule has 29 heavy (non-hydrogen) atoms. The van der Waals surface area contributed by atoms with Gasteiger partial charge in [0.05, 0.1) is 0 Å². The van der Waals surface area contributed by atoms with E-state index in [0.29, 0.717) is 0 Å². The van der Waals surface area contributed by atoms with E-state index >= 15 is 0 Å². The fraction of sp³-hybridized carbons (Fsp3) is 1.00. The number of hydrogen-bond donors (Lipinski definition) is 0. The minimum Gasteiger partial charge on any atom is -0.0683 e. The molecule has 0 atom stereocenters. The molecule has 4 bridgehead atoms. The normalized spacial score (nSPS) is 38.9. The van der Waals surface area contributed by atoms with Crippen molar-refractivity contribution in [2.75, 3.05) is 0 Å². The van der Waals surface area contributed by atoms with Gasteiger partial charge in [0.2, 0.25) is 0 Å². The Bertz CT molecular complexity index is 392. The third-order valence-corrected chi connectivity index (χ3v) is 10.4. The van der Waals surface area contributed by atoms with Gasteiger partial charge in [0.1, 0.15) is 0 Å². The zero-order valence-electron chi connectivity index (χ0n) is 22.7. The van der Waals surface area contributed by atoms with Crippen LogP contribution in [0.1, 0.15) is 141 Å². The van der Waals surface area contributed by atoms with E-state index in [1.165, 1.54) is 57.8 Å². The van der Waals surface area contributed by atoms with Gasteiger partial charge in [-0.2, -0.15) is 0 Å². The quantitative estimate of drug-likeness (QED) is 0.435. The highest BCUT2D eigenvalue weighted by molar-refractivity contribution is 5.18. The minimum absolute atomic E-state index is 0.747. The van der Waals surface area contributed by atoms with Crippen LogP contribution < -0.4 is 0 Å². The van der Waals surface area contributed by atoms with Gasteiger partial charge in [0.25, 0.3) is 0 Å². The van der Waals surface area contributed by atoms with Crippen LogP contribution in [0.25, 0.3) is 0 Å². The zero-order valence-corrected chi connectivity index (χ0v) is 22.7. The Morgan fingerprint density at radius 1 is 0.345 bits per heavy atom. The van der Waals surface area contributed by atoms with E-state index in [2.05, 4.69) is 55.4 Å². The lowest BCUT2D eigenvalue weighted by Crippen LogP contribution is -2.66. The predicted octanol–water partition coefficient (Wildman–Crippen LogP) is 10.2. The van der Waals surface area contributed by atoms with E-state index < -0.39 is 0 Å². The van der Waals surface area contributed by atoms with E-state index in [1.807, 2.05) is 27.7 Å². The summed E-state index contributed by atoms with van der Waals surface area (Å²) in [5.41, 5.74) is 3.11. The van der Waals surface area contributed by atoms with Crippen molar-refractivity contribution in [2.45, 2.75) is 141 Å². The summed E-state index contributed by atoms with van der Waals surface area (Å²) in [5.74, 6) is 3.69. The largest absolute Gasteiger partial charge is 0.0683 e. The molecule has 0 saturated heterocycles. The van der Waals surface area contributed by atoms with Crippen LogP contribution in [-0.2, 0) is 0 Å². The monoisotopic (exact) mass is 406 g/mol. The number of fused-ring (bicyclic) bond motifs is 3. The first-order valence-electron chi connectivity index (χ1n) is 13.5. The standard InChI is InChI=1S/C14H26.C11H20.2C2H6/c1-11(2)13-5-8-14(9-6-13,10-7-13)12(3)4;1-8(2)10-5-11(6-10,7-10)9(3)4;2*1-2/h11-12H,5-10H2,1-4H3;8-9H,5-7H2,1-4H3;2*1-2H3. The second-order valence-corrected chi connectivity index (χ2v) is 12.1. The highest BCUT2D eigenvalue weighted by atomic mass is 14.7. The minimum atomic E-state index is 0.747. The van der Waals surface area contributed by atoms with Gasteiger partial charge in [0, 0.05) is 0 Å². The molecule has 0 aromatic rings. The highest BCUT2D eigenvalue weighted by Crippen LogP contribution is 2.78. The van der Waals surface area contributed by atoms with E-state index in [4.69, 9.17) is 0 Å². The molecular weight excluding hydrogens is 348 g/mol. The Morgan fingerprint density at radius 3 is 0.655 bits per heavy atom. The Labute approximate surface area is 186 Å². The maximum absolute atomic E-state index is 2.44. The average molecular weight is 407 g/mol. The molecule has 0 nitrogen and oxygen atoms in total. The van der Waals surface area contributed by atoms with E-state index in [-0.39, 0.29) is 0 Å². The maximum atomic E-state index is 2.44. The molecule has 6 rings (SSSR count). The molecule has 0 heterocycles. The van der Waals surface area contributed by atoms with Crippen molar-refractivity contribution in [3.63, 3.8) is 0 Å². The lowest BCUT2D eigenvalue weighted by Gasteiger charge is -2.75. The second-order valence-electron chi connectivity index (χ2n) is 12.1. The number of hydrogen-bond acceptors (Lipinski definition) is 0. The first-order chi connectivity index (χ1) is 13.5. The van der Waals surface area contributed by atoms with Crippen molar-refractivity contribution >= 4 is 0 Å². The molecule has 0 aromatic heterocycles. The van der Waals surface area contributed by atoms with Crippen LogP contribution in [0.3, 0.4) is 0 Å². The summed E-state index contributed by atoms with van der Waals surface area (Å²) in [6.45, 7) is 27.3. The third kappa shape index (κ3) is 4.77. The molecule has 0 amide bonds. The van der Waals surface area contributed by atoms with E-state index in [9.17, 15) is 0 Å². The molecule has 174 valence electrons. The van der Waals surface area contributed by atoms with Crippen molar-refractivity contribution in [3.8, 4) is 0 Å². The summed E-state index contributed by atoms with van der Waals surface area (Å²) in [6, 6.07) is 0. The smallest absolute Gasteiger partial charge is 0.0258 e. The van der Waals surface area contributed by atoms with Gasteiger partial charge in [-0.15, -0.1) is 0 Å². The summed E-state index contributed by atoms with van der Waals surface area (Å²) in [5, 5.41) is 0. The molecule has 0 N–H and O–H groups in total. The van der Waals surface area contributed by atoms with Gasteiger partial charge in [-0.25, -0.2) is 0 Å². The lowest BCUT2D eigenvalue weighted by molar-refractivity contribution is -0.252. The molecule has 0 unspecified atom stereocenters. The number of rotatable bonds is 4. The Kier molecular flexibility index (Phi) is 9.40. The first kappa shape index (κ1) is 27.0. The predicted molar refractivity (Wildman–Crippen MR) is 133 cm³/mol. The maximum Gasteiger partial charge on any atom is -0.0258 e. The SMILES string of the molecule is CC.CC.CC(C)C12CC(C(C)C)(C1)C2.CC(C)C12CCC(C(C)C)(CC1)CC2. The molecule has 6 saturated carbocycles.